The van der Waals surface area contributed by atoms with Gasteiger partial charge in [-0.05, 0) is 19.9 Å². The fourth-order valence-electron chi connectivity index (χ4n) is 1.41. The maximum atomic E-state index is 11.3. The van der Waals surface area contributed by atoms with Crippen LogP contribution in [0.15, 0.2) is 6.07 Å². The van der Waals surface area contributed by atoms with Gasteiger partial charge in [-0.15, -0.1) is 11.3 Å². The largest absolute Gasteiger partial charge is 0.293 e. The number of hydrogen-bond donors (Lipinski definition) is 0. The molecule has 4 heteroatoms. The molecule has 0 aromatic carbocycles. The van der Waals surface area contributed by atoms with Gasteiger partial charge in [0, 0.05) is 12.6 Å². The van der Waals surface area contributed by atoms with Gasteiger partial charge in [-0.2, -0.15) is 0 Å². The van der Waals surface area contributed by atoms with Crippen LogP contribution in [-0.4, -0.2) is 15.8 Å². The van der Waals surface area contributed by atoms with Crippen LogP contribution >= 0.6 is 11.3 Å². The molecule has 0 saturated heterocycles. The second kappa shape index (κ2) is 3.13. The standard InChI is InChI=1S/C10H10N2OS/c1-5-4-8-10(12-7(3)14-8)9(11-5)6(2)13/h4H,1-3H3. The minimum absolute atomic E-state index is 0.0241. The van der Waals surface area contributed by atoms with Crippen molar-refractivity contribution < 1.29 is 4.79 Å². The highest BCUT2D eigenvalue weighted by Gasteiger charge is 2.12. The van der Waals surface area contributed by atoms with Gasteiger partial charge in [0.15, 0.2) is 5.78 Å². The zero-order chi connectivity index (χ0) is 10.3. The summed E-state index contributed by atoms with van der Waals surface area (Å²) in [6, 6.07) is 1.96. The Bertz CT molecular complexity index is 516. The van der Waals surface area contributed by atoms with E-state index in [1.807, 2.05) is 19.9 Å². The number of Topliss-reactive ketones (excluding diaryl/α,β-unsaturated/α-hetero) is 1. The summed E-state index contributed by atoms with van der Waals surface area (Å²) < 4.78 is 1.04. The molecule has 0 N–H and O–H groups in total. The highest BCUT2D eigenvalue weighted by Crippen LogP contribution is 2.24. The van der Waals surface area contributed by atoms with Gasteiger partial charge in [0.25, 0.3) is 0 Å². The molecule has 0 saturated carbocycles. The van der Waals surface area contributed by atoms with Crippen molar-refractivity contribution in [1.82, 2.24) is 9.97 Å². The normalized spacial score (nSPS) is 10.8. The molecule has 0 fully saturated rings. The first-order valence-corrected chi connectivity index (χ1v) is 5.15. The van der Waals surface area contributed by atoms with E-state index < -0.39 is 0 Å². The Morgan fingerprint density at radius 3 is 2.71 bits per heavy atom. The Morgan fingerprint density at radius 1 is 1.36 bits per heavy atom. The first-order chi connectivity index (χ1) is 6.58. The molecule has 0 bridgehead atoms. The molecule has 0 aliphatic carbocycles. The summed E-state index contributed by atoms with van der Waals surface area (Å²) in [7, 11) is 0. The molecule has 0 radical (unpaired) electrons. The van der Waals surface area contributed by atoms with E-state index >= 15 is 0 Å². The second-order valence-corrected chi connectivity index (χ2v) is 4.48. The molecule has 72 valence electrons. The van der Waals surface area contributed by atoms with Gasteiger partial charge in [0.1, 0.15) is 11.2 Å². The summed E-state index contributed by atoms with van der Waals surface area (Å²) >= 11 is 1.59. The molecular weight excluding hydrogens is 196 g/mol. The van der Waals surface area contributed by atoms with Gasteiger partial charge in [-0.25, -0.2) is 9.97 Å². The SMILES string of the molecule is CC(=O)c1nc(C)cc2sc(C)nc12. The summed E-state index contributed by atoms with van der Waals surface area (Å²) in [6.07, 6.45) is 0. The molecule has 0 aliphatic heterocycles. The highest BCUT2D eigenvalue weighted by molar-refractivity contribution is 7.18. The van der Waals surface area contributed by atoms with Crippen molar-refractivity contribution in [2.75, 3.05) is 0 Å². The predicted molar refractivity (Wildman–Crippen MR) is 56.9 cm³/mol. The Kier molecular flexibility index (Phi) is 2.07. The van der Waals surface area contributed by atoms with Crippen LogP contribution in [0.5, 0.6) is 0 Å². The molecule has 0 spiro atoms. The number of fused-ring (bicyclic) bond motifs is 1. The maximum absolute atomic E-state index is 11.3. The number of carbonyl (C=O) groups excluding carboxylic acids is 1. The van der Waals surface area contributed by atoms with Crippen molar-refractivity contribution in [1.29, 1.82) is 0 Å². The Hall–Kier alpha value is -1.29. The van der Waals surface area contributed by atoms with Gasteiger partial charge in [-0.3, -0.25) is 4.79 Å². The summed E-state index contributed by atoms with van der Waals surface area (Å²) in [6.45, 7) is 5.35. The molecule has 2 heterocycles. The number of nitrogens with zero attached hydrogens (tertiary/aromatic N) is 2. The van der Waals surface area contributed by atoms with E-state index in [0.717, 1.165) is 20.9 Å². The lowest BCUT2D eigenvalue weighted by atomic mass is 10.2. The average Bonchev–Trinajstić information content (AvgIpc) is 2.42. The van der Waals surface area contributed by atoms with E-state index in [2.05, 4.69) is 9.97 Å². The quantitative estimate of drug-likeness (QED) is 0.673. The van der Waals surface area contributed by atoms with E-state index in [1.165, 1.54) is 6.92 Å². The van der Waals surface area contributed by atoms with Crippen molar-refractivity contribution in [2.24, 2.45) is 0 Å². The molecular formula is C10H10N2OS. The van der Waals surface area contributed by atoms with Crippen LogP contribution in [0.3, 0.4) is 0 Å². The highest BCUT2D eigenvalue weighted by atomic mass is 32.1. The lowest BCUT2D eigenvalue weighted by Crippen LogP contribution is -1.99. The van der Waals surface area contributed by atoms with E-state index in [0.29, 0.717) is 5.69 Å². The van der Waals surface area contributed by atoms with Gasteiger partial charge in [0.05, 0.1) is 9.71 Å². The van der Waals surface area contributed by atoms with Crippen molar-refractivity contribution in [2.45, 2.75) is 20.8 Å². The number of pyridine rings is 1. The third kappa shape index (κ3) is 1.42. The summed E-state index contributed by atoms with van der Waals surface area (Å²) in [5.74, 6) is -0.0241. The number of aryl methyl sites for hydroxylation is 2. The maximum Gasteiger partial charge on any atom is 0.180 e. The van der Waals surface area contributed by atoms with Crippen LogP contribution in [0.4, 0.5) is 0 Å². The van der Waals surface area contributed by atoms with E-state index in [9.17, 15) is 4.79 Å². The third-order valence-corrected chi connectivity index (χ3v) is 2.86. The first-order valence-electron chi connectivity index (χ1n) is 4.33. The lowest BCUT2D eigenvalue weighted by Gasteiger charge is -1.97. The lowest BCUT2D eigenvalue weighted by molar-refractivity contribution is 0.101. The third-order valence-electron chi connectivity index (χ3n) is 1.95. The first kappa shape index (κ1) is 9.27. The number of hydrogen-bond acceptors (Lipinski definition) is 4. The molecule has 2 aromatic rings. The van der Waals surface area contributed by atoms with Crippen molar-refractivity contribution >= 4 is 27.3 Å². The number of thiazole rings is 1. The van der Waals surface area contributed by atoms with Crippen LogP contribution in [0.1, 0.15) is 28.1 Å². The fourth-order valence-corrected chi connectivity index (χ4v) is 2.33. The van der Waals surface area contributed by atoms with E-state index in [1.54, 1.807) is 11.3 Å². The zero-order valence-electron chi connectivity index (χ0n) is 8.29. The number of rotatable bonds is 1. The van der Waals surface area contributed by atoms with Crippen LogP contribution in [0, 0.1) is 13.8 Å². The van der Waals surface area contributed by atoms with Crippen molar-refractivity contribution in [3.05, 3.63) is 22.5 Å². The minimum atomic E-state index is -0.0241. The number of aromatic nitrogens is 2. The fraction of sp³-hybridized carbons (Fsp3) is 0.300. The molecule has 3 nitrogen and oxygen atoms in total. The van der Waals surface area contributed by atoms with Crippen LogP contribution in [0.2, 0.25) is 0 Å². The smallest absolute Gasteiger partial charge is 0.180 e. The molecule has 0 aliphatic rings. The van der Waals surface area contributed by atoms with Gasteiger partial charge < -0.3 is 0 Å². The Balaban J connectivity index is 2.85. The molecule has 14 heavy (non-hydrogen) atoms. The van der Waals surface area contributed by atoms with Crippen molar-refractivity contribution in [3.63, 3.8) is 0 Å². The number of ketones is 1. The summed E-state index contributed by atoms with van der Waals surface area (Å²) in [4.78, 5) is 19.8. The van der Waals surface area contributed by atoms with Crippen LogP contribution in [-0.2, 0) is 0 Å². The summed E-state index contributed by atoms with van der Waals surface area (Å²) in [5, 5.41) is 0.968. The molecule has 0 atom stereocenters. The Morgan fingerprint density at radius 2 is 2.07 bits per heavy atom. The van der Waals surface area contributed by atoms with E-state index in [4.69, 9.17) is 0 Å². The van der Waals surface area contributed by atoms with Crippen LogP contribution < -0.4 is 0 Å². The number of carbonyl (C=O) groups is 1. The average molecular weight is 206 g/mol. The topological polar surface area (TPSA) is 42.9 Å². The Labute approximate surface area is 85.8 Å². The van der Waals surface area contributed by atoms with Gasteiger partial charge in [-0.1, -0.05) is 0 Å². The second-order valence-electron chi connectivity index (χ2n) is 3.25. The van der Waals surface area contributed by atoms with Gasteiger partial charge in [0.2, 0.25) is 0 Å². The molecule has 0 amide bonds. The van der Waals surface area contributed by atoms with Gasteiger partial charge >= 0.3 is 0 Å². The minimum Gasteiger partial charge on any atom is -0.293 e. The molecule has 2 rings (SSSR count). The predicted octanol–water partition coefficient (Wildman–Crippen LogP) is 2.51. The monoisotopic (exact) mass is 206 g/mol. The summed E-state index contributed by atoms with van der Waals surface area (Å²) in [5.41, 5.74) is 2.10. The van der Waals surface area contributed by atoms with Crippen LogP contribution in [0.25, 0.3) is 10.2 Å². The molecule has 0 unspecified atom stereocenters. The van der Waals surface area contributed by atoms with Crippen molar-refractivity contribution in [3.8, 4) is 0 Å². The van der Waals surface area contributed by atoms with E-state index in [-0.39, 0.29) is 5.78 Å². The molecule has 2 aromatic heterocycles. The zero-order valence-corrected chi connectivity index (χ0v) is 9.10.